The van der Waals surface area contributed by atoms with Crippen molar-refractivity contribution in [2.24, 2.45) is 18.9 Å². The number of hydrogen-bond donors (Lipinski definition) is 1. The van der Waals surface area contributed by atoms with Crippen LogP contribution in [0.1, 0.15) is 35.5 Å². The maximum atomic E-state index is 13.8. The molecule has 0 spiro atoms. The summed E-state index contributed by atoms with van der Waals surface area (Å²) in [7, 11) is 1.77. The molecular weight excluding hydrogens is 631 g/mol. The number of pyridine rings is 1. The van der Waals surface area contributed by atoms with E-state index in [0.29, 0.717) is 42.6 Å². The van der Waals surface area contributed by atoms with Crippen molar-refractivity contribution in [2.75, 3.05) is 19.6 Å². The molecule has 5 aromatic rings. The largest absolute Gasteiger partial charge is 0.474 e. The molecule has 0 bridgehead atoms. The summed E-state index contributed by atoms with van der Waals surface area (Å²) in [5.41, 5.74) is 6.36. The molecule has 0 radical (unpaired) electrons. The molecule has 2 amide bonds. The van der Waals surface area contributed by atoms with E-state index in [0.717, 1.165) is 22.4 Å². The summed E-state index contributed by atoms with van der Waals surface area (Å²) in [6.07, 6.45) is -0.587. The first kappa shape index (κ1) is 31.5. The van der Waals surface area contributed by atoms with Gasteiger partial charge in [-0.05, 0) is 47.5 Å². The molecule has 3 aromatic heterocycles. The monoisotopic (exact) mass is 666 g/mol. The molecule has 2 aromatic carbocycles. The summed E-state index contributed by atoms with van der Waals surface area (Å²) in [4.78, 5) is 36.9. The van der Waals surface area contributed by atoms with Crippen LogP contribution in [0.4, 0.5) is 9.18 Å². The number of piperidine rings is 1. The highest BCUT2D eigenvalue weighted by molar-refractivity contribution is 7.07. The third-order valence-electron chi connectivity index (χ3n) is 9.06. The highest BCUT2D eigenvalue weighted by Crippen LogP contribution is 2.48. The van der Waals surface area contributed by atoms with Gasteiger partial charge in [0.25, 0.3) is 5.91 Å². The van der Waals surface area contributed by atoms with Gasteiger partial charge in [-0.15, -0.1) is 11.3 Å². The quantitative estimate of drug-likeness (QED) is 0.192. The Morgan fingerprint density at radius 3 is 2.46 bits per heavy atom. The van der Waals surface area contributed by atoms with Crippen molar-refractivity contribution in [3.05, 3.63) is 106 Å². The molecule has 1 aliphatic carbocycles. The highest BCUT2D eigenvalue weighted by atomic mass is 32.1. The lowest BCUT2D eigenvalue weighted by Gasteiger charge is -2.27. The minimum absolute atomic E-state index is 0.0623. The minimum Gasteiger partial charge on any atom is -0.474 e. The van der Waals surface area contributed by atoms with Crippen LogP contribution in [0, 0.1) is 17.7 Å². The summed E-state index contributed by atoms with van der Waals surface area (Å²) < 4.78 is 27.3. The van der Waals surface area contributed by atoms with Crippen molar-refractivity contribution in [1.29, 1.82) is 0 Å². The van der Waals surface area contributed by atoms with Gasteiger partial charge in [-0.25, -0.2) is 19.2 Å². The van der Waals surface area contributed by atoms with Gasteiger partial charge >= 0.3 is 6.09 Å². The first-order valence-electron chi connectivity index (χ1n) is 15.8. The van der Waals surface area contributed by atoms with Crippen molar-refractivity contribution in [3.8, 4) is 28.5 Å². The Labute approximate surface area is 281 Å². The number of carbonyl (C=O) groups excluding carboxylic acids is 2. The number of nitrogens with one attached hydrogen (secondary N) is 1. The molecule has 7 rings (SSSR count). The van der Waals surface area contributed by atoms with Gasteiger partial charge in [0.05, 0.1) is 11.2 Å². The molecule has 1 N–H and O–H groups in total. The Balaban J connectivity index is 1.03. The van der Waals surface area contributed by atoms with Crippen molar-refractivity contribution in [1.82, 2.24) is 30.0 Å². The van der Waals surface area contributed by atoms with Crippen LogP contribution in [0.15, 0.2) is 83.7 Å². The number of halogens is 1. The minimum atomic E-state index is -0.523. The molecule has 1 saturated carbocycles. The van der Waals surface area contributed by atoms with Crippen LogP contribution < -0.4 is 10.1 Å². The van der Waals surface area contributed by atoms with Gasteiger partial charge in [-0.1, -0.05) is 44.2 Å². The van der Waals surface area contributed by atoms with Crippen LogP contribution in [0.5, 0.6) is 5.88 Å². The second-order valence-corrected chi connectivity index (χ2v) is 13.6. The Hall–Kier alpha value is -5.10. The lowest BCUT2D eigenvalue weighted by Crippen LogP contribution is -2.37. The van der Waals surface area contributed by atoms with Gasteiger partial charge in [0, 0.05) is 60.9 Å². The predicted octanol–water partition coefficient (Wildman–Crippen LogP) is 6.10. The number of carbonyl (C=O) groups is 2. The molecule has 1 unspecified atom stereocenters. The molecular formula is C36H35FN6O4S. The zero-order valence-corrected chi connectivity index (χ0v) is 27.6. The van der Waals surface area contributed by atoms with Crippen molar-refractivity contribution in [2.45, 2.75) is 32.0 Å². The number of thiazole rings is 1. The van der Waals surface area contributed by atoms with E-state index in [1.165, 1.54) is 23.5 Å². The van der Waals surface area contributed by atoms with Gasteiger partial charge in [0.15, 0.2) is 0 Å². The molecule has 4 heterocycles. The van der Waals surface area contributed by atoms with E-state index in [2.05, 4.69) is 15.4 Å². The number of aryl methyl sites for hydroxylation is 1. The van der Waals surface area contributed by atoms with Crippen LogP contribution in [-0.2, 0) is 23.8 Å². The fourth-order valence-electron chi connectivity index (χ4n) is 6.14. The Morgan fingerprint density at radius 1 is 1.00 bits per heavy atom. The van der Waals surface area contributed by atoms with Crippen LogP contribution >= 0.6 is 11.3 Å². The Kier molecular flexibility index (Phi) is 8.42. The molecule has 12 heteroatoms. The number of aromatic nitrogens is 4. The molecule has 48 heavy (non-hydrogen) atoms. The van der Waals surface area contributed by atoms with Crippen LogP contribution in [0.25, 0.3) is 22.6 Å². The number of rotatable bonds is 10. The normalized spacial score (nSPS) is 18.3. The fraction of sp³-hybridized carbons (Fsp3) is 0.306. The van der Waals surface area contributed by atoms with E-state index in [1.807, 2.05) is 66.6 Å². The van der Waals surface area contributed by atoms with E-state index in [-0.39, 0.29) is 36.3 Å². The molecule has 1 aliphatic heterocycles. The molecule has 2 fully saturated rings. The van der Waals surface area contributed by atoms with Gasteiger partial charge in [-0.2, -0.15) is 5.10 Å². The second-order valence-electron chi connectivity index (χ2n) is 12.9. The average Bonchev–Trinajstić information content (AvgIpc) is 3.60. The number of benzene rings is 2. The maximum Gasteiger partial charge on any atom is 0.407 e. The smallest absolute Gasteiger partial charge is 0.407 e. The number of hydrogen-bond acceptors (Lipinski definition) is 8. The summed E-state index contributed by atoms with van der Waals surface area (Å²) in [5.74, 6) is 0.430. The zero-order chi connectivity index (χ0) is 33.4. The summed E-state index contributed by atoms with van der Waals surface area (Å²) in [6.45, 7) is 5.68. The lowest BCUT2D eigenvalue weighted by atomic mass is 9.84. The van der Waals surface area contributed by atoms with Gasteiger partial charge in [0.1, 0.15) is 35.6 Å². The number of likely N-dealkylation sites (tertiary alicyclic amines) is 1. The number of amides is 2. The van der Waals surface area contributed by atoms with Crippen molar-refractivity contribution >= 4 is 23.3 Å². The Bertz CT molecular complexity index is 1920. The predicted molar refractivity (Wildman–Crippen MR) is 179 cm³/mol. The fourth-order valence-corrected chi connectivity index (χ4v) is 6.69. The highest BCUT2D eigenvalue weighted by Gasteiger charge is 2.59. The van der Waals surface area contributed by atoms with E-state index < -0.39 is 11.5 Å². The molecule has 3 atom stereocenters. The second kappa shape index (κ2) is 12.8. The number of nitrogens with zero attached hydrogens (tertiary/aromatic N) is 5. The summed E-state index contributed by atoms with van der Waals surface area (Å²) >= 11 is 1.49. The van der Waals surface area contributed by atoms with E-state index >= 15 is 0 Å². The first-order chi connectivity index (χ1) is 23.1. The van der Waals surface area contributed by atoms with Gasteiger partial charge in [0.2, 0.25) is 5.88 Å². The van der Waals surface area contributed by atoms with Crippen LogP contribution in [-0.4, -0.2) is 62.4 Å². The molecule has 1 saturated heterocycles. The number of fused-ring (bicyclic) bond motifs is 1. The average molecular weight is 667 g/mol. The van der Waals surface area contributed by atoms with Crippen LogP contribution in [0.3, 0.4) is 0 Å². The Morgan fingerprint density at radius 2 is 1.75 bits per heavy atom. The first-order valence-corrected chi connectivity index (χ1v) is 16.7. The van der Waals surface area contributed by atoms with Gasteiger partial charge in [-0.3, -0.25) is 9.48 Å². The zero-order valence-electron chi connectivity index (χ0n) is 26.8. The topological polar surface area (TPSA) is 111 Å². The number of alkyl carbamates (subject to hydrolysis) is 1. The van der Waals surface area contributed by atoms with E-state index in [9.17, 15) is 14.0 Å². The van der Waals surface area contributed by atoms with E-state index in [4.69, 9.17) is 14.5 Å². The van der Waals surface area contributed by atoms with E-state index in [1.54, 1.807) is 35.4 Å². The molecule has 2 aliphatic rings. The third kappa shape index (κ3) is 6.66. The van der Waals surface area contributed by atoms with Crippen molar-refractivity contribution < 1.29 is 23.5 Å². The van der Waals surface area contributed by atoms with Crippen molar-refractivity contribution in [3.63, 3.8) is 0 Å². The molecule has 10 nitrogen and oxygen atoms in total. The number of ether oxygens (including phenoxy) is 2. The van der Waals surface area contributed by atoms with Crippen LogP contribution in [0.2, 0.25) is 0 Å². The molecule has 246 valence electrons. The lowest BCUT2D eigenvalue weighted by molar-refractivity contribution is 0.0740. The summed E-state index contributed by atoms with van der Waals surface area (Å²) in [5, 5.41) is 9.28. The SMILES string of the molecule is Cn1nc(-c2cscn2)cc1C(=O)N1C[C@@H]2C(Oc3cc(C(C)(C)CNC(=O)OCc4ccccc4)cc(-c4ccc(F)cc4)n3)[C@@H]2C1. The third-order valence-corrected chi connectivity index (χ3v) is 9.65. The van der Waals surface area contributed by atoms with Gasteiger partial charge < -0.3 is 19.7 Å². The standard InChI is InChI=1S/C36H35FN6O4S/c1-36(2,20-38-35(45)46-18-22-7-5-4-6-8-22)24-13-28(23-9-11-25(37)12-10-23)40-32(14-24)47-33-26-16-43(17-27(26)33)34(44)31-15-29(41-42(31)3)30-19-48-21-39-30/h4-15,19,21,26-27,33H,16-18,20H2,1-3H3,(H,38,45)/t26-,27+,33?. The summed E-state index contributed by atoms with van der Waals surface area (Å²) in [6, 6.07) is 21.3. The maximum absolute atomic E-state index is 13.8.